The highest BCUT2D eigenvalue weighted by Crippen LogP contribution is 2.17. The van der Waals surface area contributed by atoms with Crippen LogP contribution in [0.4, 0.5) is 0 Å². The van der Waals surface area contributed by atoms with Crippen molar-refractivity contribution in [1.29, 1.82) is 5.41 Å². The van der Waals surface area contributed by atoms with Crippen molar-refractivity contribution in [2.24, 2.45) is 16.5 Å². The zero-order valence-electron chi connectivity index (χ0n) is 9.67. The van der Waals surface area contributed by atoms with Gasteiger partial charge in [0.2, 0.25) is 5.01 Å². The number of nitrogens with two attached hydrogens (primary N) is 2. The molecule has 0 amide bonds. The largest absolute Gasteiger partial charge is 0.461 e. The van der Waals surface area contributed by atoms with Crippen molar-refractivity contribution in [1.82, 2.24) is 4.98 Å². The first-order valence-corrected chi connectivity index (χ1v) is 6.82. The number of aromatic nitrogens is 1. The topological polar surface area (TPSA) is 127 Å². The van der Waals surface area contributed by atoms with Crippen LogP contribution in [0.15, 0.2) is 10.4 Å². The molecule has 0 aliphatic rings. The summed E-state index contributed by atoms with van der Waals surface area (Å²) in [6.07, 6.45) is 0. The van der Waals surface area contributed by atoms with Gasteiger partial charge in [-0.1, -0.05) is 11.8 Å². The van der Waals surface area contributed by atoms with Gasteiger partial charge < -0.3 is 16.2 Å². The zero-order valence-corrected chi connectivity index (χ0v) is 11.3. The molecule has 0 spiro atoms. The molecule has 1 aromatic heterocycles. The number of hydrogen-bond acceptors (Lipinski definition) is 6. The van der Waals surface area contributed by atoms with E-state index in [9.17, 15) is 4.79 Å². The number of rotatable bonds is 4. The Bertz CT molecular complexity index is 467. The first kappa shape index (κ1) is 14.5. The molecule has 7 nitrogen and oxygen atoms in total. The molecule has 98 valence electrons. The van der Waals surface area contributed by atoms with Crippen LogP contribution in [0, 0.1) is 5.41 Å². The molecule has 1 heterocycles. The SMILES string of the molecule is CCOC(=O)c1nc(CSC(=N)N=C(N)N)cs1. The summed E-state index contributed by atoms with van der Waals surface area (Å²) in [4.78, 5) is 19.0. The molecular weight excluding hydrogens is 274 g/mol. The van der Waals surface area contributed by atoms with Crippen LogP contribution < -0.4 is 11.5 Å². The fourth-order valence-corrected chi connectivity index (χ4v) is 2.37. The second kappa shape index (κ2) is 6.97. The van der Waals surface area contributed by atoms with Gasteiger partial charge in [-0.15, -0.1) is 11.3 Å². The van der Waals surface area contributed by atoms with Gasteiger partial charge in [-0.2, -0.15) is 4.99 Å². The van der Waals surface area contributed by atoms with E-state index in [0.717, 1.165) is 11.8 Å². The normalized spacial score (nSPS) is 9.83. The van der Waals surface area contributed by atoms with Crippen molar-refractivity contribution < 1.29 is 9.53 Å². The highest BCUT2D eigenvalue weighted by Gasteiger charge is 2.12. The van der Waals surface area contributed by atoms with Gasteiger partial charge >= 0.3 is 5.97 Å². The summed E-state index contributed by atoms with van der Waals surface area (Å²) in [7, 11) is 0. The summed E-state index contributed by atoms with van der Waals surface area (Å²) in [5.74, 6) is -0.165. The number of aliphatic imine (C=N–C) groups is 1. The Hall–Kier alpha value is -1.61. The minimum Gasteiger partial charge on any atom is -0.461 e. The van der Waals surface area contributed by atoms with Gasteiger partial charge in [0, 0.05) is 11.1 Å². The van der Waals surface area contributed by atoms with Crippen LogP contribution >= 0.6 is 23.1 Å². The summed E-state index contributed by atoms with van der Waals surface area (Å²) in [6, 6.07) is 0. The van der Waals surface area contributed by atoms with Gasteiger partial charge in [0.25, 0.3) is 0 Å². The molecule has 0 saturated carbocycles. The Labute approximate surface area is 112 Å². The molecule has 0 bridgehead atoms. The Morgan fingerprint density at radius 2 is 2.39 bits per heavy atom. The van der Waals surface area contributed by atoms with E-state index in [1.54, 1.807) is 12.3 Å². The Balaban J connectivity index is 2.52. The fourth-order valence-electron chi connectivity index (χ4n) is 0.952. The predicted octanol–water partition coefficient (Wildman–Crippen LogP) is 0.761. The zero-order chi connectivity index (χ0) is 13.5. The lowest BCUT2D eigenvalue weighted by molar-refractivity contribution is 0.0525. The van der Waals surface area contributed by atoms with E-state index in [1.165, 1.54) is 11.3 Å². The molecule has 0 atom stereocenters. The van der Waals surface area contributed by atoms with Crippen LogP contribution in [0.25, 0.3) is 0 Å². The third kappa shape index (κ3) is 4.72. The molecule has 1 aromatic rings. The third-order valence-electron chi connectivity index (χ3n) is 1.59. The maximum Gasteiger partial charge on any atom is 0.367 e. The molecule has 1 rings (SSSR count). The van der Waals surface area contributed by atoms with Crippen LogP contribution in [0.1, 0.15) is 22.4 Å². The lowest BCUT2D eigenvalue weighted by Crippen LogP contribution is -2.23. The summed E-state index contributed by atoms with van der Waals surface area (Å²) in [5, 5.41) is 9.47. The minimum absolute atomic E-state index is 0.000634. The van der Waals surface area contributed by atoms with E-state index in [1.807, 2.05) is 0 Å². The van der Waals surface area contributed by atoms with Gasteiger partial charge in [0.1, 0.15) is 0 Å². The van der Waals surface area contributed by atoms with Gasteiger partial charge in [0.05, 0.1) is 12.3 Å². The molecule has 0 fully saturated rings. The molecule has 0 unspecified atom stereocenters. The number of nitrogens with one attached hydrogen (secondary N) is 1. The molecule has 0 aliphatic heterocycles. The number of carbonyl (C=O) groups is 1. The standard InChI is InChI=1S/C9H13N5O2S2/c1-2-16-7(15)6-13-5(3-17-6)4-18-9(12)14-8(10)11/h3H,2,4H2,1H3,(H5,10,11,12,14). The number of thioether (sulfide) groups is 1. The second-order valence-corrected chi connectivity index (χ2v) is 4.82. The van der Waals surface area contributed by atoms with Crippen molar-refractivity contribution >= 4 is 40.2 Å². The van der Waals surface area contributed by atoms with Crippen LogP contribution in [0.2, 0.25) is 0 Å². The fraction of sp³-hybridized carbons (Fsp3) is 0.333. The van der Waals surface area contributed by atoms with Gasteiger partial charge in [-0.3, -0.25) is 5.41 Å². The summed E-state index contributed by atoms with van der Waals surface area (Å²) in [6.45, 7) is 2.05. The third-order valence-corrected chi connectivity index (χ3v) is 3.27. The van der Waals surface area contributed by atoms with Crippen LogP contribution in [0.5, 0.6) is 0 Å². The molecule has 0 saturated heterocycles. The van der Waals surface area contributed by atoms with Gasteiger partial charge in [-0.25, -0.2) is 9.78 Å². The van der Waals surface area contributed by atoms with E-state index in [2.05, 4.69) is 9.98 Å². The second-order valence-electron chi connectivity index (χ2n) is 2.99. The Morgan fingerprint density at radius 1 is 1.67 bits per heavy atom. The Kier molecular flexibility index (Phi) is 5.59. The monoisotopic (exact) mass is 287 g/mol. The lowest BCUT2D eigenvalue weighted by atomic mass is 10.6. The van der Waals surface area contributed by atoms with Crippen LogP contribution in [0.3, 0.4) is 0 Å². The molecule has 0 radical (unpaired) electrons. The number of ether oxygens (including phenoxy) is 1. The number of nitrogens with zero attached hydrogens (tertiary/aromatic N) is 2. The molecular formula is C9H13N5O2S2. The number of hydrogen-bond donors (Lipinski definition) is 3. The van der Waals surface area contributed by atoms with Crippen LogP contribution in [-0.2, 0) is 10.5 Å². The van der Waals surface area contributed by atoms with E-state index >= 15 is 0 Å². The van der Waals surface area contributed by atoms with Crippen molar-refractivity contribution in [3.8, 4) is 0 Å². The summed E-state index contributed by atoms with van der Waals surface area (Å²) in [5.41, 5.74) is 11.0. The van der Waals surface area contributed by atoms with Gasteiger partial charge in [-0.05, 0) is 6.92 Å². The van der Waals surface area contributed by atoms with Gasteiger partial charge in [0.15, 0.2) is 11.1 Å². The Morgan fingerprint density at radius 3 is 3.00 bits per heavy atom. The molecule has 5 N–H and O–H groups in total. The first-order valence-electron chi connectivity index (χ1n) is 4.95. The molecule has 0 aromatic carbocycles. The summed E-state index contributed by atoms with van der Waals surface area (Å²) < 4.78 is 4.82. The van der Waals surface area contributed by atoms with E-state index < -0.39 is 5.97 Å². The number of guanidine groups is 1. The quantitative estimate of drug-likeness (QED) is 0.426. The molecule has 9 heteroatoms. The number of carbonyl (C=O) groups excluding carboxylic acids is 1. The van der Waals surface area contributed by atoms with Crippen molar-refractivity contribution in [2.45, 2.75) is 12.7 Å². The lowest BCUT2D eigenvalue weighted by Gasteiger charge is -1.97. The predicted molar refractivity (Wildman–Crippen MR) is 72.9 cm³/mol. The van der Waals surface area contributed by atoms with E-state index in [4.69, 9.17) is 21.6 Å². The van der Waals surface area contributed by atoms with Crippen LogP contribution in [-0.4, -0.2) is 28.7 Å². The number of thiazole rings is 1. The number of amidine groups is 1. The number of esters is 1. The summed E-state index contributed by atoms with van der Waals surface area (Å²) >= 11 is 2.33. The molecule has 0 aliphatic carbocycles. The minimum atomic E-state index is -0.432. The van der Waals surface area contributed by atoms with Crippen molar-refractivity contribution in [2.75, 3.05) is 6.61 Å². The smallest absolute Gasteiger partial charge is 0.367 e. The maximum atomic E-state index is 11.4. The van der Waals surface area contributed by atoms with Crippen molar-refractivity contribution in [3.05, 3.63) is 16.1 Å². The first-order chi connectivity index (χ1) is 8.52. The highest BCUT2D eigenvalue weighted by molar-refractivity contribution is 8.13. The maximum absolute atomic E-state index is 11.4. The van der Waals surface area contributed by atoms with E-state index in [0.29, 0.717) is 23.1 Å². The highest BCUT2D eigenvalue weighted by atomic mass is 32.2. The average Bonchev–Trinajstić information content (AvgIpc) is 2.74. The van der Waals surface area contributed by atoms with Crippen molar-refractivity contribution in [3.63, 3.8) is 0 Å². The van der Waals surface area contributed by atoms with E-state index in [-0.39, 0.29) is 11.1 Å². The molecule has 18 heavy (non-hydrogen) atoms. The average molecular weight is 287 g/mol.